The van der Waals surface area contributed by atoms with Gasteiger partial charge in [-0.1, -0.05) is 19.1 Å². The Morgan fingerprint density at radius 1 is 1.28 bits per heavy atom. The highest BCUT2D eigenvalue weighted by atomic mass is 16.2. The summed E-state index contributed by atoms with van der Waals surface area (Å²) in [5, 5.41) is 2.55. The Bertz CT molecular complexity index is 694. The van der Waals surface area contributed by atoms with Gasteiger partial charge < -0.3 is 15.1 Å². The molecule has 6 heteroatoms. The van der Waals surface area contributed by atoms with Crippen LogP contribution in [0.2, 0.25) is 0 Å². The molecule has 0 saturated heterocycles. The van der Waals surface area contributed by atoms with E-state index in [9.17, 15) is 14.4 Å². The number of likely N-dealkylation sites (N-methyl/N-ethyl adjacent to an activating group) is 1. The second kappa shape index (κ2) is 7.96. The number of anilines is 1. The standard InChI is InChI=1S/C19H25N3O3/c1-5-13(2)11-22(12-17(23)20-3)19(25)15-6-8-16-14(10-15)7-9-18(24)21(16)4/h6,8,10H,2,5,7,9,11-12H2,1,3-4H3,(H,20,23). The highest BCUT2D eigenvalue weighted by Crippen LogP contribution is 2.28. The predicted octanol–water partition coefficient (Wildman–Crippen LogP) is 1.75. The van der Waals surface area contributed by atoms with E-state index >= 15 is 0 Å². The molecule has 0 radical (unpaired) electrons. The van der Waals surface area contributed by atoms with Crippen LogP contribution in [0.1, 0.15) is 35.7 Å². The van der Waals surface area contributed by atoms with Crippen LogP contribution in [0.5, 0.6) is 0 Å². The van der Waals surface area contributed by atoms with E-state index < -0.39 is 0 Å². The third-order valence-electron chi connectivity index (χ3n) is 4.49. The topological polar surface area (TPSA) is 69.7 Å². The highest BCUT2D eigenvalue weighted by Gasteiger charge is 2.24. The minimum atomic E-state index is -0.222. The van der Waals surface area contributed by atoms with Gasteiger partial charge in [0.2, 0.25) is 11.8 Å². The minimum absolute atomic E-state index is 0.0101. The van der Waals surface area contributed by atoms with Gasteiger partial charge >= 0.3 is 0 Å². The molecule has 1 heterocycles. The SMILES string of the molecule is C=C(CC)CN(CC(=O)NC)C(=O)c1ccc2c(c1)CCC(=O)N2C. The van der Waals surface area contributed by atoms with Crippen LogP contribution in [0.25, 0.3) is 0 Å². The molecule has 6 nitrogen and oxygen atoms in total. The second-order valence-electron chi connectivity index (χ2n) is 6.23. The van der Waals surface area contributed by atoms with Gasteiger partial charge in [0.1, 0.15) is 6.54 Å². The van der Waals surface area contributed by atoms with Crippen molar-refractivity contribution in [3.8, 4) is 0 Å². The molecule has 0 saturated carbocycles. The number of nitrogens with one attached hydrogen (secondary N) is 1. The molecule has 0 aromatic heterocycles. The van der Waals surface area contributed by atoms with Gasteiger partial charge in [0.25, 0.3) is 5.91 Å². The summed E-state index contributed by atoms with van der Waals surface area (Å²) in [5.41, 5.74) is 3.22. The second-order valence-corrected chi connectivity index (χ2v) is 6.23. The zero-order valence-electron chi connectivity index (χ0n) is 15.1. The molecule has 0 bridgehead atoms. The summed E-state index contributed by atoms with van der Waals surface area (Å²) < 4.78 is 0. The Morgan fingerprint density at radius 3 is 2.64 bits per heavy atom. The smallest absolute Gasteiger partial charge is 0.254 e. The number of carbonyl (C=O) groups excluding carboxylic acids is 3. The van der Waals surface area contributed by atoms with E-state index in [0.29, 0.717) is 24.9 Å². The first-order chi connectivity index (χ1) is 11.9. The van der Waals surface area contributed by atoms with E-state index in [0.717, 1.165) is 23.2 Å². The first-order valence-corrected chi connectivity index (χ1v) is 8.43. The van der Waals surface area contributed by atoms with Gasteiger partial charge in [-0.15, -0.1) is 0 Å². The lowest BCUT2D eigenvalue weighted by molar-refractivity contribution is -0.121. The Labute approximate surface area is 148 Å². The van der Waals surface area contributed by atoms with Gasteiger partial charge in [-0.3, -0.25) is 14.4 Å². The molecule has 1 aliphatic rings. The summed E-state index contributed by atoms with van der Waals surface area (Å²) in [6, 6.07) is 5.33. The molecule has 1 N–H and O–H groups in total. The zero-order valence-corrected chi connectivity index (χ0v) is 15.1. The van der Waals surface area contributed by atoms with E-state index in [2.05, 4.69) is 11.9 Å². The summed E-state index contributed by atoms with van der Waals surface area (Å²) in [6.07, 6.45) is 1.81. The fourth-order valence-electron chi connectivity index (χ4n) is 2.81. The summed E-state index contributed by atoms with van der Waals surface area (Å²) >= 11 is 0. The van der Waals surface area contributed by atoms with E-state index in [4.69, 9.17) is 0 Å². The molecule has 3 amide bonds. The molecule has 1 aromatic rings. The third kappa shape index (κ3) is 4.26. The Morgan fingerprint density at radius 2 is 2.00 bits per heavy atom. The first-order valence-electron chi connectivity index (χ1n) is 8.43. The molecule has 0 spiro atoms. The van der Waals surface area contributed by atoms with Gasteiger partial charge in [0.05, 0.1) is 0 Å². The molecule has 0 fully saturated rings. The van der Waals surface area contributed by atoms with Crippen LogP contribution in [0.4, 0.5) is 5.69 Å². The van der Waals surface area contributed by atoms with Crippen LogP contribution in [0.15, 0.2) is 30.4 Å². The number of benzene rings is 1. The van der Waals surface area contributed by atoms with Crippen LogP contribution in [0, 0.1) is 0 Å². The number of carbonyl (C=O) groups is 3. The van der Waals surface area contributed by atoms with Gasteiger partial charge in [-0.05, 0) is 36.6 Å². The van der Waals surface area contributed by atoms with E-state index in [1.165, 1.54) is 4.90 Å². The lowest BCUT2D eigenvalue weighted by Crippen LogP contribution is -2.40. The van der Waals surface area contributed by atoms with Crippen molar-refractivity contribution in [3.05, 3.63) is 41.5 Å². The van der Waals surface area contributed by atoms with Crippen LogP contribution >= 0.6 is 0 Å². The van der Waals surface area contributed by atoms with Crippen molar-refractivity contribution < 1.29 is 14.4 Å². The van der Waals surface area contributed by atoms with Crippen LogP contribution in [0.3, 0.4) is 0 Å². The Kier molecular flexibility index (Phi) is 5.96. The normalized spacial score (nSPS) is 13.2. The maximum atomic E-state index is 12.9. The Balaban J connectivity index is 2.27. The quantitative estimate of drug-likeness (QED) is 0.800. The van der Waals surface area contributed by atoms with Crippen LogP contribution < -0.4 is 10.2 Å². The maximum Gasteiger partial charge on any atom is 0.254 e. The maximum absolute atomic E-state index is 12.9. The van der Waals surface area contributed by atoms with E-state index in [1.807, 2.05) is 13.0 Å². The summed E-state index contributed by atoms with van der Waals surface area (Å²) in [6.45, 7) is 6.25. The molecule has 1 aliphatic heterocycles. The number of aryl methyl sites for hydroxylation is 1. The molecule has 2 rings (SSSR count). The fourth-order valence-corrected chi connectivity index (χ4v) is 2.81. The monoisotopic (exact) mass is 343 g/mol. The molecular formula is C19H25N3O3. The van der Waals surface area contributed by atoms with Gasteiger partial charge in [0.15, 0.2) is 0 Å². The van der Waals surface area contributed by atoms with Gasteiger partial charge in [0, 0.05) is 38.3 Å². The minimum Gasteiger partial charge on any atom is -0.358 e. The first kappa shape index (κ1) is 18.7. The summed E-state index contributed by atoms with van der Waals surface area (Å²) in [5.74, 6) is -0.354. The predicted molar refractivity (Wildman–Crippen MR) is 97.6 cm³/mol. The average molecular weight is 343 g/mol. The molecule has 25 heavy (non-hydrogen) atoms. The van der Waals surface area contributed by atoms with Gasteiger partial charge in [-0.2, -0.15) is 0 Å². The molecule has 1 aromatic carbocycles. The number of rotatable bonds is 6. The molecule has 134 valence electrons. The molecular weight excluding hydrogens is 318 g/mol. The van der Waals surface area contributed by atoms with Crippen LogP contribution in [-0.2, 0) is 16.0 Å². The summed E-state index contributed by atoms with van der Waals surface area (Å²) in [4.78, 5) is 39.6. The van der Waals surface area contributed by atoms with Gasteiger partial charge in [-0.25, -0.2) is 0 Å². The van der Waals surface area contributed by atoms with Crippen LogP contribution in [-0.4, -0.2) is 49.8 Å². The van der Waals surface area contributed by atoms with Crippen molar-refractivity contribution in [1.29, 1.82) is 0 Å². The number of hydrogen-bond donors (Lipinski definition) is 1. The number of nitrogens with zero attached hydrogens (tertiary/aromatic N) is 2. The molecule has 0 aliphatic carbocycles. The third-order valence-corrected chi connectivity index (χ3v) is 4.49. The van der Waals surface area contributed by atoms with Crippen molar-refractivity contribution >= 4 is 23.4 Å². The highest BCUT2D eigenvalue weighted by molar-refractivity contribution is 6.00. The zero-order chi connectivity index (χ0) is 18.6. The number of fused-ring (bicyclic) bond motifs is 1. The van der Waals surface area contributed by atoms with E-state index in [-0.39, 0.29) is 24.3 Å². The summed E-state index contributed by atoms with van der Waals surface area (Å²) in [7, 11) is 3.29. The van der Waals surface area contributed by atoms with Crippen molar-refractivity contribution in [2.75, 3.05) is 32.1 Å². The van der Waals surface area contributed by atoms with Crippen molar-refractivity contribution in [2.45, 2.75) is 26.2 Å². The molecule has 0 unspecified atom stereocenters. The number of amides is 3. The average Bonchev–Trinajstić information content (AvgIpc) is 2.62. The van der Waals surface area contributed by atoms with Crippen molar-refractivity contribution in [2.24, 2.45) is 0 Å². The number of hydrogen-bond acceptors (Lipinski definition) is 3. The fraction of sp³-hybridized carbons (Fsp3) is 0.421. The lowest BCUT2D eigenvalue weighted by atomic mass is 9.98. The molecule has 0 atom stereocenters. The van der Waals surface area contributed by atoms with E-state index in [1.54, 1.807) is 31.1 Å². The Hall–Kier alpha value is -2.63. The van der Waals surface area contributed by atoms with Crippen molar-refractivity contribution in [1.82, 2.24) is 10.2 Å². The largest absolute Gasteiger partial charge is 0.358 e. The van der Waals surface area contributed by atoms with Crippen molar-refractivity contribution in [3.63, 3.8) is 0 Å². The lowest BCUT2D eigenvalue weighted by Gasteiger charge is -2.27.